The number of nitrogens with one attached hydrogen (secondary N) is 1. The average molecular weight is 526 g/mol. The number of carbonyl (C=O) groups is 2. The molecule has 0 saturated carbocycles. The summed E-state index contributed by atoms with van der Waals surface area (Å²) in [6.07, 6.45) is 7.67. The van der Waals surface area contributed by atoms with Crippen LogP contribution in [-0.2, 0) is 30.5 Å². The van der Waals surface area contributed by atoms with Crippen LogP contribution in [0.4, 0.5) is 10.5 Å². The van der Waals surface area contributed by atoms with Gasteiger partial charge in [-0.25, -0.2) is 9.59 Å². The minimum Gasteiger partial charge on any atom is -0.465 e. The molecule has 2 aliphatic rings. The van der Waals surface area contributed by atoms with Gasteiger partial charge in [-0.2, -0.15) is 0 Å². The number of carbonyl (C=O) groups excluding carboxylic acids is 2. The van der Waals surface area contributed by atoms with Crippen LogP contribution < -0.4 is 5.32 Å². The Balaban J connectivity index is 1.45. The van der Waals surface area contributed by atoms with E-state index in [1.807, 2.05) is 16.2 Å². The van der Waals surface area contributed by atoms with E-state index in [2.05, 4.69) is 59.4 Å². The highest BCUT2D eigenvalue weighted by Crippen LogP contribution is 2.44. The molecule has 1 aliphatic heterocycles. The van der Waals surface area contributed by atoms with Gasteiger partial charge in [0.2, 0.25) is 0 Å². The molecule has 4 aromatic rings. The summed E-state index contributed by atoms with van der Waals surface area (Å²) in [5.74, 6) is -0.433. The van der Waals surface area contributed by atoms with Crippen LogP contribution in [0.15, 0.2) is 66.9 Å². The zero-order valence-electron chi connectivity index (χ0n) is 21.7. The van der Waals surface area contributed by atoms with E-state index in [9.17, 15) is 9.59 Å². The van der Waals surface area contributed by atoms with Crippen molar-refractivity contribution in [1.82, 2.24) is 9.47 Å². The average Bonchev–Trinajstić information content (AvgIpc) is 3.54. The molecule has 0 spiro atoms. The molecule has 6 rings (SSSR count). The van der Waals surface area contributed by atoms with Crippen molar-refractivity contribution in [2.75, 3.05) is 12.4 Å². The molecule has 3 heterocycles. The molecule has 1 atom stereocenters. The van der Waals surface area contributed by atoms with Crippen molar-refractivity contribution in [1.29, 1.82) is 0 Å². The normalized spacial score (nSPS) is 16.2. The molecule has 0 saturated heterocycles. The van der Waals surface area contributed by atoms with Gasteiger partial charge in [-0.3, -0.25) is 0 Å². The number of hydrogen-bond donors (Lipinski definition) is 1. The van der Waals surface area contributed by atoms with Crippen molar-refractivity contribution in [3.8, 4) is 5.00 Å². The predicted octanol–water partition coefficient (Wildman–Crippen LogP) is 6.90. The van der Waals surface area contributed by atoms with Gasteiger partial charge in [0, 0.05) is 22.3 Å². The van der Waals surface area contributed by atoms with Crippen LogP contribution in [0.3, 0.4) is 0 Å². The Hall–Kier alpha value is -3.84. The summed E-state index contributed by atoms with van der Waals surface area (Å²) in [6.45, 7) is 2.67. The molecule has 194 valence electrons. The van der Waals surface area contributed by atoms with Crippen LogP contribution in [0.25, 0.3) is 5.00 Å². The number of nitrogens with zero attached hydrogens (tertiary/aromatic N) is 2. The van der Waals surface area contributed by atoms with Crippen molar-refractivity contribution in [3.63, 3.8) is 0 Å². The largest absolute Gasteiger partial charge is 0.465 e. The molecule has 2 aromatic heterocycles. The molecule has 0 fully saturated rings. The maximum Gasteiger partial charge on any atom is 0.337 e. The molecule has 0 bridgehead atoms. The second kappa shape index (κ2) is 10.1. The first-order valence-corrected chi connectivity index (χ1v) is 14.0. The second-order valence-electron chi connectivity index (χ2n) is 9.93. The van der Waals surface area contributed by atoms with Crippen LogP contribution in [0, 0.1) is 0 Å². The Labute approximate surface area is 226 Å². The van der Waals surface area contributed by atoms with Crippen molar-refractivity contribution in [3.05, 3.63) is 105 Å². The lowest BCUT2D eigenvalue weighted by Gasteiger charge is -2.31. The number of aryl methyl sites for hydroxylation is 2. The molecular formula is C31H31N3O3S. The molecule has 6 nitrogen and oxygen atoms in total. The first-order valence-electron chi connectivity index (χ1n) is 13.2. The maximum absolute atomic E-state index is 14.1. The van der Waals surface area contributed by atoms with Crippen LogP contribution in [-0.4, -0.2) is 28.6 Å². The van der Waals surface area contributed by atoms with Gasteiger partial charge in [0.1, 0.15) is 5.00 Å². The number of methoxy groups -OCH3 is 1. The number of anilines is 1. The molecule has 1 N–H and O–H groups in total. The Morgan fingerprint density at radius 3 is 2.63 bits per heavy atom. The lowest BCUT2D eigenvalue weighted by atomic mass is 9.95. The fourth-order valence-electron chi connectivity index (χ4n) is 5.71. The first kappa shape index (κ1) is 24.5. The number of amides is 2. The highest BCUT2D eigenvalue weighted by molar-refractivity contribution is 7.15. The number of rotatable bonds is 4. The van der Waals surface area contributed by atoms with Crippen molar-refractivity contribution in [2.24, 2.45) is 0 Å². The zero-order valence-corrected chi connectivity index (χ0v) is 22.5. The maximum atomic E-state index is 14.1. The molecule has 2 aromatic carbocycles. The quantitative estimate of drug-likeness (QED) is 0.295. The molecule has 1 unspecified atom stereocenters. The van der Waals surface area contributed by atoms with Crippen LogP contribution in [0.2, 0.25) is 0 Å². The van der Waals surface area contributed by atoms with Gasteiger partial charge in [-0.1, -0.05) is 37.3 Å². The first-order chi connectivity index (χ1) is 18.6. The highest BCUT2D eigenvalue weighted by Gasteiger charge is 2.36. The van der Waals surface area contributed by atoms with Gasteiger partial charge in [0.05, 0.1) is 31.0 Å². The zero-order chi connectivity index (χ0) is 26.2. The van der Waals surface area contributed by atoms with Gasteiger partial charge in [-0.05, 0) is 79.1 Å². The van der Waals surface area contributed by atoms with Crippen molar-refractivity contribution < 1.29 is 14.3 Å². The number of hydrogen-bond acceptors (Lipinski definition) is 4. The lowest BCUT2D eigenvalue weighted by molar-refractivity contribution is 0.0600. The molecule has 0 radical (unpaired) electrons. The monoisotopic (exact) mass is 525 g/mol. The fraction of sp³-hybridized carbons (Fsp3) is 0.290. The SMILES string of the molecule is CCc1ccc(C2c3cccn3-c3sc4c(c3CN2C(=O)Nc2cccc(C(=O)OC)c2)CCCC4)cc1. The van der Waals surface area contributed by atoms with E-state index < -0.39 is 5.97 Å². The van der Waals surface area contributed by atoms with Crippen LogP contribution in [0.5, 0.6) is 0 Å². The van der Waals surface area contributed by atoms with E-state index in [0.29, 0.717) is 17.8 Å². The van der Waals surface area contributed by atoms with E-state index in [-0.39, 0.29) is 12.1 Å². The summed E-state index contributed by atoms with van der Waals surface area (Å²) in [7, 11) is 1.35. The summed E-state index contributed by atoms with van der Waals surface area (Å²) in [5, 5.41) is 4.31. The molecule has 7 heteroatoms. The number of benzene rings is 2. The molecule has 1 aliphatic carbocycles. The number of urea groups is 1. The second-order valence-corrected chi connectivity index (χ2v) is 11.0. The standard InChI is InChI=1S/C31H31N3O3S/c1-3-20-13-15-21(16-14-20)28-26-11-7-17-33(26)29-25(24-10-4-5-12-27(24)38-29)19-34(28)31(36)32-23-9-6-8-22(18-23)30(35)37-2/h6-9,11,13-18,28H,3-5,10,12,19H2,1-2H3,(H,32,36). The number of aromatic nitrogens is 1. The summed E-state index contributed by atoms with van der Waals surface area (Å²) in [5.41, 5.74) is 7.05. The van der Waals surface area contributed by atoms with Gasteiger partial charge >= 0.3 is 12.0 Å². The minimum atomic E-state index is -0.433. The van der Waals surface area contributed by atoms with Crippen molar-refractivity contribution >= 4 is 29.0 Å². The summed E-state index contributed by atoms with van der Waals surface area (Å²) in [4.78, 5) is 29.6. The highest BCUT2D eigenvalue weighted by atomic mass is 32.1. The van der Waals surface area contributed by atoms with Crippen LogP contribution in [0.1, 0.15) is 69.0 Å². The number of fused-ring (bicyclic) bond motifs is 5. The summed E-state index contributed by atoms with van der Waals surface area (Å²) < 4.78 is 7.17. The van der Waals surface area contributed by atoms with E-state index in [1.54, 1.807) is 24.3 Å². The summed E-state index contributed by atoms with van der Waals surface area (Å²) >= 11 is 1.88. The number of thiophene rings is 1. The number of ether oxygens (including phenoxy) is 1. The van der Waals surface area contributed by atoms with Gasteiger partial charge in [-0.15, -0.1) is 11.3 Å². The fourth-order valence-corrected chi connectivity index (χ4v) is 7.11. The predicted molar refractivity (Wildman–Crippen MR) is 150 cm³/mol. The Morgan fingerprint density at radius 1 is 1.03 bits per heavy atom. The lowest BCUT2D eigenvalue weighted by Crippen LogP contribution is -2.38. The van der Waals surface area contributed by atoms with E-state index in [1.165, 1.54) is 46.5 Å². The van der Waals surface area contributed by atoms with Crippen molar-refractivity contribution in [2.45, 2.75) is 51.6 Å². The van der Waals surface area contributed by atoms with E-state index in [4.69, 9.17) is 4.74 Å². The van der Waals surface area contributed by atoms with E-state index in [0.717, 1.165) is 30.5 Å². The Bertz CT molecular complexity index is 1500. The number of esters is 1. The summed E-state index contributed by atoms with van der Waals surface area (Å²) in [6, 6.07) is 19.2. The smallest absolute Gasteiger partial charge is 0.337 e. The Morgan fingerprint density at radius 2 is 1.84 bits per heavy atom. The van der Waals surface area contributed by atoms with Crippen LogP contribution >= 0.6 is 11.3 Å². The van der Waals surface area contributed by atoms with Gasteiger partial charge < -0.3 is 19.5 Å². The molecular weight excluding hydrogens is 494 g/mol. The molecule has 38 heavy (non-hydrogen) atoms. The van der Waals surface area contributed by atoms with Gasteiger partial charge in [0.15, 0.2) is 0 Å². The topological polar surface area (TPSA) is 63.6 Å². The van der Waals surface area contributed by atoms with Gasteiger partial charge in [0.25, 0.3) is 0 Å². The Kier molecular flexibility index (Phi) is 6.54. The molecule has 2 amide bonds. The third kappa shape index (κ3) is 4.31. The van der Waals surface area contributed by atoms with E-state index >= 15 is 0 Å². The third-order valence-corrected chi connectivity index (χ3v) is 9.01. The third-order valence-electron chi connectivity index (χ3n) is 7.68. The minimum absolute atomic E-state index is 0.201.